The molecule has 1 fully saturated rings. The van der Waals surface area contributed by atoms with Crippen LogP contribution in [0.4, 0.5) is 5.69 Å². The van der Waals surface area contributed by atoms with E-state index in [4.69, 9.17) is 18.6 Å². The summed E-state index contributed by atoms with van der Waals surface area (Å²) in [7, 11) is 0. The van der Waals surface area contributed by atoms with Crippen LogP contribution in [0.25, 0.3) is 11.0 Å². The maximum Gasteiger partial charge on any atom is 0.332 e. The lowest BCUT2D eigenvalue weighted by molar-refractivity contribution is -0.175. The summed E-state index contributed by atoms with van der Waals surface area (Å²) >= 11 is 0. The first kappa shape index (κ1) is 45.5. The number of esters is 3. The number of phenols is 3. The molecule has 3 aromatic rings. The van der Waals surface area contributed by atoms with E-state index < -0.39 is 59.8 Å². The van der Waals surface area contributed by atoms with Crippen LogP contribution in [0.15, 0.2) is 51.2 Å². The van der Waals surface area contributed by atoms with Gasteiger partial charge in [0, 0.05) is 24.1 Å². The Morgan fingerprint density at radius 3 is 2.28 bits per heavy atom. The van der Waals surface area contributed by atoms with Gasteiger partial charge in [-0.1, -0.05) is 57.7 Å². The molecule has 57 heavy (non-hydrogen) atoms. The Morgan fingerprint density at radius 1 is 0.965 bits per heavy atom. The van der Waals surface area contributed by atoms with Gasteiger partial charge in [0.1, 0.15) is 40.4 Å². The average Bonchev–Trinajstić information content (AvgIpc) is 3.13. The monoisotopic (exact) mass is 794 g/mol. The van der Waals surface area contributed by atoms with Gasteiger partial charge in [-0.2, -0.15) is 0 Å². The number of amides is 2. The first-order chi connectivity index (χ1) is 26.9. The van der Waals surface area contributed by atoms with Crippen LogP contribution in [0.5, 0.6) is 17.2 Å². The number of anilines is 1. The molecule has 4 rings (SSSR count). The quantitative estimate of drug-likeness (QED) is 0.0329. The van der Waals surface area contributed by atoms with Crippen molar-refractivity contribution in [1.82, 2.24) is 5.32 Å². The van der Waals surface area contributed by atoms with Gasteiger partial charge in [-0.25, -0.2) is 4.79 Å². The number of allylic oxidation sites excluding steroid dienone is 2. The molecule has 2 amide bonds. The van der Waals surface area contributed by atoms with Crippen molar-refractivity contribution in [3.8, 4) is 17.2 Å². The molecule has 310 valence electrons. The molecule has 5 N–H and O–H groups in total. The van der Waals surface area contributed by atoms with Gasteiger partial charge in [0.15, 0.2) is 23.3 Å². The maximum atomic E-state index is 13.3. The number of aromatic hydroxyl groups is 3. The molecule has 0 bridgehead atoms. The zero-order valence-corrected chi connectivity index (χ0v) is 33.7. The van der Waals surface area contributed by atoms with Crippen LogP contribution in [0.1, 0.15) is 102 Å². The largest absolute Gasteiger partial charge is 0.507 e. The molecule has 0 saturated carbocycles. The summed E-state index contributed by atoms with van der Waals surface area (Å²) in [4.78, 5) is 74.6. The molecular formula is C42H54N2O13. The van der Waals surface area contributed by atoms with Crippen molar-refractivity contribution in [3.05, 3.63) is 69.1 Å². The molecule has 1 aliphatic heterocycles. The molecule has 1 aliphatic rings. The molecule has 15 heteroatoms. The topological polar surface area (TPSA) is 228 Å². The number of aryl methyl sites for hydroxylation is 1. The van der Waals surface area contributed by atoms with Crippen LogP contribution < -0.4 is 16.1 Å². The van der Waals surface area contributed by atoms with E-state index in [0.29, 0.717) is 37.0 Å². The van der Waals surface area contributed by atoms with Crippen molar-refractivity contribution in [1.29, 1.82) is 0 Å². The van der Waals surface area contributed by atoms with Crippen molar-refractivity contribution in [2.45, 2.75) is 118 Å². The van der Waals surface area contributed by atoms with Crippen LogP contribution in [-0.4, -0.2) is 69.9 Å². The number of para-hydroxylation sites is 1. The number of benzene rings is 2. The van der Waals surface area contributed by atoms with E-state index >= 15 is 0 Å². The molecule has 5 unspecified atom stereocenters. The number of nitrogens with one attached hydrogen (secondary N) is 2. The molecule has 0 spiro atoms. The SMILES string of the molecule is CC(C)=CCc1c(O)cc2oc(C)cc(=O)c2c1O.CCCCCC1C(=O)OC(C)C(NC(=O)c2cccc(NC=O)c2O)C(=O)OC(C)C1OC(=O)CC(C)C. The van der Waals surface area contributed by atoms with Gasteiger partial charge >= 0.3 is 17.9 Å². The fourth-order valence-corrected chi connectivity index (χ4v) is 6.18. The van der Waals surface area contributed by atoms with Gasteiger partial charge in [-0.15, -0.1) is 0 Å². The highest BCUT2D eigenvalue weighted by Crippen LogP contribution is 2.35. The summed E-state index contributed by atoms with van der Waals surface area (Å²) in [6.07, 6.45) is 2.30. The second-order valence-corrected chi connectivity index (χ2v) is 14.7. The van der Waals surface area contributed by atoms with Gasteiger partial charge in [-0.3, -0.25) is 24.0 Å². The lowest BCUT2D eigenvalue weighted by Crippen LogP contribution is -2.50. The van der Waals surface area contributed by atoms with Gasteiger partial charge < -0.3 is 44.6 Å². The normalized spacial score (nSPS) is 19.4. The molecule has 1 saturated heterocycles. The molecule has 0 radical (unpaired) electrons. The van der Waals surface area contributed by atoms with Crippen molar-refractivity contribution in [3.63, 3.8) is 0 Å². The van der Waals surface area contributed by atoms with Crippen molar-refractivity contribution in [2.75, 3.05) is 5.32 Å². The van der Waals surface area contributed by atoms with E-state index in [0.717, 1.165) is 18.4 Å². The second-order valence-electron chi connectivity index (χ2n) is 14.7. The molecule has 1 aromatic heterocycles. The third-order valence-electron chi connectivity index (χ3n) is 9.14. The third-order valence-corrected chi connectivity index (χ3v) is 9.14. The number of rotatable bonds is 13. The smallest absolute Gasteiger partial charge is 0.332 e. The van der Waals surface area contributed by atoms with Crippen molar-refractivity contribution in [2.24, 2.45) is 11.8 Å². The first-order valence-corrected chi connectivity index (χ1v) is 18.9. The van der Waals surface area contributed by atoms with Gasteiger partial charge in [0.05, 0.1) is 17.2 Å². The maximum absolute atomic E-state index is 13.3. The number of fused-ring (bicyclic) bond motifs is 1. The fourth-order valence-electron chi connectivity index (χ4n) is 6.18. The standard InChI is InChI=1S/C27H38N2O9.C15H16O4/c1-6-7-8-10-19-24(38-21(31)13-15(2)3)17(5)37-27(35)22(16(4)36-26(19)34)29-25(33)18-11-9-12-20(23(18)32)28-14-30;1-8(2)4-5-10-11(16)7-13-14(15(10)18)12(17)6-9(3)19-13/h9,11-12,14-17,19,22,24,32H,6-8,10,13H2,1-5H3,(H,28,30)(H,29,33);4,6-7,16,18H,5H2,1-3H3. The van der Waals surface area contributed by atoms with Gasteiger partial charge in [-0.05, 0) is 65.5 Å². The molecular weight excluding hydrogens is 740 g/mol. The van der Waals surface area contributed by atoms with E-state index in [1.165, 1.54) is 44.2 Å². The number of unbranched alkanes of at least 4 members (excludes halogenated alkanes) is 2. The highest BCUT2D eigenvalue weighted by molar-refractivity contribution is 6.01. The summed E-state index contributed by atoms with van der Waals surface area (Å²) in [5.41, 5.74) is 1.07. The highest BCUT2D eigenvalue weighted by atomic mass is 16.6. The van der Waals surface area contributed by atoms with Gasteiger partial charge in [0.25, 0.3) is 5.91 Å². The fraction of sp³-hybridized carbons (Fsp3) is 0.476. The van der Waals surface area contributed by atoms with Crippen molar-refractivity contribution >= 4 is 46.9 Å². The number of carbonyl (C=O) groups excluding carboxylic acids is 5. The van der Waals surface area contributed by atoms with Crippen LogP contribution in [0, 0.1) is 18.8 Å². The lowest BCUT2D eigenvalue weighted by atomic mass is 9.92. The van der Waals surface area contributed by atoms with E-state index in [9.17, 15) is 44.1 Å². The summed E-state index contributed by atoms with van der Waals surface area (Å²) in [5, 5.41) is 35.3. The van der Waals surface area contributed by atoms with E-state index in [1.807, 2.05) is 40.7 Å². The number of cyclic esters (lactones) is 2. The minimum atomic E-state index is -1.42. The Kier molecular flexibility index (Phi) is 16.7. The minimum Gasteiger partial charge on any atom is -0.507 e. The van der Waals surface area contributed by atoms with E-state index in [2.05, 4.69) is 10.6 Å². The number of hydrogen-bond acceptors (Lipinski definition) is 13. The number of hydrogen-bond donors (Lipinski definition) is 5. The number of ether oxygens (including phenoxy) is 3. The Bertz CT molecular complexity index is 2010. The van der Waals surface area contributed by atoms with Crippen LogP contribution in [0.2, 0.25) is 0 Å². The van der Waals surface area contributed by atoms with Crippen LogP contribution in [0.3, 0.4) is 0 Å². The Morgan fingerprint density at radius 2 is 1.65 bits per heavy atom. The Balaban J connectivity index is 0.000000380. The first-order valence-electron chi connectivity index (χ1n) is 18.9. The summed E-state index contributed by atoms with van der Waals surface area (Å²) in [6, 6.07) is 5.40. The number of carbonyl (C=O) groups is 5. The van der Waals surface area contributed by atoms with E-state index in [1.54, 1.807) is 6.92 Å². The second kappa shape index (κ2) is 20.9. The van der Waals surface area contributed by atoms with Gasteiger partial charge in [0.2, 0.25) is 6.41 Å². The Hall–Kier alpha value is -5.86. The molecule has 5 atom stereocenters. The molecule has 2 aromatic carbocycles. The molecule has 2 heterocycles. The lowest BCUT2D eigenvalue weighted by Gasteiger charge is -2.29. The van der Waals surface area contributed by atoms with Crippen molar-refractivity contribution < 1.29 is 57.9 Å². The molecule has 15 nitrogen and oxygen atoms in total. The summed E-state index contributed by atoms with van der Waals surface area (Å²) in [6.45, 7) is 14.2. The van der Waals surface area contributed by atoms with Crippen LogP contribution >= 0.6 is 0 Å². The van der Waals surface area contributed by atoms with Crippen LogP contribution in [-0.2, 0) is 39.8 Å². The average molecular weight is 795 g/mol. The minimum absolute atomic E-state index is 0.00114. The zero-order chi connectivity index (χ0) is 42.6. The summed E-state index contributed by atoms with van der Waals surface area (Å²) < 4.78 is 22.2. The zero-order valence-electron chi connectivity index (χ0n) is 33.7. The highest BCUT2D eigenvalue weighted by Gasteiger charge is 2.44. The Labute approximate surface area is 331 Å². The summed E-state index contributed by atoms with van der Waals surface area (Å²) in [5.74, 6) is -4.12. The predicted octanol–water partition coefficient (Wildman–Crippen LogP) is 6.11. The third kappa shape index (κ3) is 12.3. The van der Waals surface area contributed by atoms with E-state index in [-0.39, 0.29) is 51.5 Å². The molecule has 0 aliphatic carbocycles. The predicted molar refractivity (Wildman–Crippen MR) is 211 cm³/mol. The number of phenolic OH excluding ortho intramolecular Hbond substituents is 3.